The third kappa shape index (κ3) is 2.36. The van der Waals surface area contributed by atoms with Crippen LogP contribution in [0, 0.1) is 11.2 Å². The van der Waals surface area contributed by atoms with Gasteiger partial charge in [0.05, 0.1) is 0 Å². The quantitative estimate of drug-likeness (QED) is 0.931. The minimum atomic E-state index is -0.561. The average Bonchev–Trinajstić information content (AvgIpc) is 3.17. The summed E-state index contributed by atoms with van der Waals surface area (Å²) in [6, 6.07) is 2.78. The summed E-state index contributed by atoms with van der Waals surface area (Å²) in [6.45, 7) is 1.19. The summed E-state index contributed by atoms with van der Waals surface area (Å²) < 4.78 is 14.0. The fourth-order valence-electron chi connectivity index (χ4n) is 4.30. The predicted molar refractivity (Wildman–Crippen MR) is 87.5 cm³/mol. The maximum atomic E-state index is 14.0. The number of likely N-dealkylation sites (tertiary alicyclic amines) is 1. The van der Waals surface area contributed by atoms with E-state index in [9.17, 15) is 9.18 Å². The van der Waals surface area contributed by atoms with Gasteiger partial charge in [-0.05, 0) is 43.2 Å². The van der Waals surface area contributed by atoms with Crippen LogP contribution in [0.4, 0.5) is 4.39 Å². The number of halogens is 1. The van der Waals surface area contributed by atoms with E-state index in [-0.39, 0.29) is 22.9 Å². The fraction of sp³-hybridized carbons (Fsp3) is 0.556. The van der Waals surface area contributed by atoms with E-state index in [4.69, 9.17) is 4.98 Å². The molecule has 2 aromatic heterocycles. The predicted octanol–water partition coefficient (Wildman–Crippen LogP) is 2.63. The molecule has 7 heteroatoms. The Morgan fingerprint density at radius 3 is 2.88 bits per heavy atom. The summed E-state index contributed by atoms with van der Waals surface area (Å²) in [6.07, 6.45) is 7.10. The van der Waals surface area contributed by atoms with E-state index < -0.39 is 5.82 Å². The van der Waals surface area contributed by atoms with Crippen molar-refractivity contribution in [2.75, 3.05) is 13.1 Å². The van der Waals surface area contributed by atoms with E-state index in [1.54, 1.807) is 4.90 Å². The van der Waals surface area contributed by atoms with Gasteiger partial charge in [-0.15, -0.1) is 0 Å². The number of nitrogens with one attached hydrogen (secondary N) is 1. The molecule has 2 aromatic rings. The van der Waals surface area contributed by atoms with Gasteiger partial charge in [0, 0.05) is 31.1 Å². The van der Waals surface area contributed by atoms with Gasteiger partial charge in [0.25, 0.3) is 5.91 Å². The normalized spacial score (nSPS) is 24.5. The molecule has 2 aliphatic carbocycles. The van der Waals surface area contributed by atoms with Crippen LogP contribution in [0.5, 0.6) is 0 Å². The van der Waals surface area contributed by atoms with E-state index in [0.717, 1.165) is 37.3 Å². The van der Waals surface area contributed by atoms with Crippen LogP contribution in [0.25, 0.3) is 0 Å². The number of carbonyl (C=O) groups is 1. The zero-order chi connectivity index (χ0) is 17.0. The fourth-order valence-corrected chi connectivity index (χ4v) is 4.30. The van der Waals surface area contributed by atoms with Gasteiger partial charge in [-0.3, -0.25) is 9.89 Å². The molecule has 5 rings (SSSR count). The molecule has 0 bridgehead atoms. The molecule has 25 heavy (non-hydrogen) atoms. The Bertz CT molecular complexity index is 826. The van der Waals surface area contributed by atoms with Gasteiger partial charge in [-0.25, -0.2) is 14.4 Å². The molecule has 6 nitrogen and oxygen atoms in total. The van der Waals surface area contributed by atoms with Gasteiger partial charge in [0.1, 0.15) is 5.82 Å². The van der Waals surface area contributed by atoms with Crippen molar-refractivity contribution in [2.45, 2.75) is 43.9 Å². The first-order valence-corrected chi connectivity index (χ1v) is 8.98. The monoisotopic (exact) mass is 341 g/mol. The molecule has 1 unspecified atom stereocenters. The Morgan fingerprint density at radius 1 is 1.36 bits per heavy atom. The Labute approximate surface area is 144 Å². The van der Waals surface area contributed by atoms with Crippen molar-refractivity contribution in [2.24, 2.45) is 5.41 Å². The van der Waals surface area contributed by atoms with Crippen molar-refractivity contribution < 1.29 is 9.18 Å². The van der Waals surface area contributed by atoms with Crippen LogP contribution >= 0.6 is 0 Å². The molecule has 0 aromatic carbocycles. The highest BCUT2D eigenvalue weighted by Crippen LogP contribution is 2.55. The lowest BCUT2D eigenvalue weighted by molar-refractivity contribution is 0.0713. The summed E-state index contributed by atoms with van der Waals surface area (Å²) in [4.78, 5) is 23.2. The highest BCUT2D eigenvalue weighted by molar-refractivity contribution is 5.92. The molecule has 3 heterocycles. The number of amides is 1. The summed E-state index contributed by atoms with van der Waals surface area (Å²) in [5.41, 5.74) is -0.0322. The summed E-state index contributed by atoms with van der Waals surface area (Å²) in [5.74, 6) is 1.56. The smallest absolute Gasteiger partial charge is 0.275 e. The average molecular weight is 341 g/mol. The topological polar surface area (TPSA) is 74.8 Å². The van der Waals surface area contributed by atoms with E-state index in [1.807, 2.05) is 0 Å². The molecule has 2 saturated carbocycles. The first-order valence-electron chi connectivity index (χ1n) is 8.98. The van der Waals surface area contributed by atoms with Crippen molar-refractivity contribution in [1.82, 2.24) is 25.1 Å². The first-order chi connectivity index (χ1) is 12.2. The minimum Gasteiger partial charge on any atom is -0.336 e. The standard InChI is InChI=1S/C18H20FN5O/c19-13-3-1-8-20-14(13)17(25)24-9-12(18(10-24)6-2-7-18)16-21-15(22-23-16)11-4-5-11/h1,3,8,11-12H,2,4-7,9-10H2,(H,21,22,23). The molecule has 1 spiro atoms. The Morgan fingerprint density at radius 2 is 2.20 bits per heavy atom. The molecule has 3 aliphatic rings. The zero-order valence-corrected chi connectivity index (χ0v) is 13.9. The van der Waals surface area contributed by atoms with Crippen molar-refractivity contribution in [3.63, 3.8) is 0 Å². The number of aromatic amines is 1. The van der Waals surface area contributed by atoms with Gasteiger partial charge in [0.15, 0.2) is 17.3 Å². The lowest BCUT2D eigenvalue weighted by Gasteiger charge is -2.41. The molecule has 1 amide bonds. The third-order valence-corrected chi connectivity index (χ3v) is 6.04. The second-order valence-electron chi connectivity index (χ2n) is 7.64. The Balaban J connectivity index is 1.42. The molecule has 3 fully saturated rings. The molecule has 1 atom stereocenters. The van der Waals surface area contributed by atoms with E-state index in [2.05, 4.69) is 15.2 Å². The summed E-state index contributed by atoms with van der Waals surface area (Å²) >= 11 is 0. The largest absolute Gasteiger partial charge is 0.336 e. The van der Waals surface area contributed by atoms with Crippen molar-refractivity contribution >= 4 is 5.91 Å². The lowest BCUT2D eigenvalue weighted by Crippen LogP contribution is -2.38. The zero-order valence-electron chi connectivity index (χ0n) is 13.9. The summed E-state index contributed by atoms with van der Waals surface area (Å²) in [7, 11) is 0. The minimum absolute atomic E-state index is 0.0568. The number of hydrogen-bond acceptors (Lipinski definition) is 4. The Hall–Kier alpha value is -2.31. The molecular weight excluding hydrogens is 321 g/mol. The molecule has 1 saturated heterocycles. The van der Waals surface area contributed by atoms with Crippen LogP contribution in [0.1, 0.15) is 66.1 Å². The number of hydrogen-bond donors (Lipinski definition) is 1. The van der Waals surface area contributed by atoms with Crippen molar-refractivity contribution in [3.8, 4) is 0 Å². The number of carbonyl (C=O) groups excluding carboxylic acids is 1. The van der Waals surface area contributed by atoms with Gasteiger partial charge >= 0.3 is 0 Å². The van der Waals surface area contributed by atoms with Gasteiger partial charge < -0.3 is 4.90 Å². The molecule has 1 aliphatic heterocycles. The van der Waals surface area contributed by atoms with Crippen LogP contribution in [-0.4, -0.2) is 44.1 Å². The van der Waals surface area contributed by atoms with Crippen molar-refractivity contribution in [1.29, 1.82) is 0 Å². The van der Waals surface area contributed by atoms with Gasteiger partial charge in [-0.1, -0.05) is 6.42 Å². The highest BCUT2D eigenvalue weighted by atomic mass is 19.1. The number of aromatic nitrogens is 4. The number of H-pyrrole nitrogens is 1. The molecular formula is C18H20FN5O. The second-order valence-corrected chi connectivity index (χ2v) is 7.64. The highest BCUT2D eigenvalue weighted by Gasteiger charge is 2.53. The molecule has 130 valence electrons. The van der Waals surface area contributed by atoms with Crippen molar-refractivity contribution in [3.05, 3.63) is 41.5 Å². The summed E-state index contributed by atoms with van der Waals surface area (Å²) in [5, 5.41) is 7.49. The SMILES string of the molecule is O=C(c1ncccc1F)N1CC(c2nc(C3CC3)n[nH]2)C2(CCC2)C1. The molecule has 1 N–H and O–H groups in total. The number of rotatable bonds is 3. The molecule has 0 radical (unpaired) electrons. The van der Waals surface area contributed by atoms with Crippen LogP contribution < -0.4 is 0 Å². The second kappa shape index (κ2) is 5.34. The first kappa shape index (κ1) is 15.0. The van der Waals surface area contributed by atoms with Crippen LogP contribution in [0.2, 0.25) is 0 Å². The van der Waals surface area contributed by atoms with E-state index >= 15 is 0 Å². The third-order valence-electron chi connectivity index (χ3n) is 6.04. The van der Waals surface area contributed by atoms with Crippen LogP contribution in [0.15, 0.2) is 18.3 Å². The lowest BCUT2D eigenvalue weighted by atomic mass is 9.62. The maximum absolute atomic E-state index is 14.0. The van der Waals surface area contributed by atoms with Gasteiger partial charge in [-0.2, -0.15) is 5.10 Å². The maximum Gasteiger partial charge on any atom is 0.275 e. The Kier molecular flexibility index (Phi) is 3.20. The number of pyridine rings is 1. The van der Waals surface area contributed by atoms with Gasteiger partial charge in [0.2, 0.25) is 0 Å². The number of nitrogens with zero attached hydrogens (tertiary/aromatic N) is 4. The van der Waals surface area contributed by atoms with Crippen LogP contribution in [-0.2, 0) is 0 Å². The van der Waals surface area contributed by atoms with E-state index in [0.29, 0.717) is 19.0 Å². The van der Waals surface area contributed by atoms with Crippen LogP contribution in [0.3, 0.4) is 0 Å². The van der Waals surface area contributed by atoms with E-state index in [1.165, 1.54) is 24.8 Å².